The van der Waals surface area contributed by atoms with Gasteiger partial charge in [-0.1, -0.05) is 66.7 Å². The van der Waals surface area contributed by atoms with E-state index in [0.717, 1.165) is 5.92 Å². The van der Waals surface area contributed by atoms with E-state index >= 15 is 0 Å². The number of hydrogen-bond donors (Lipinski definition) is 0. The zero-order chi connectivity index (χ0) is 13.9. The van der Waals surface area contributed by atoms with E-state index in [0.29, 0.717) is 5.41 Å². The van der Waals surface area contributed by atoms with Crippen LogP contribution in [0.15, 0.2) is 66.7 Å². The molecular formula is C21H18. The molecule has 3 aromatic rings. The number of allylic oxidation sites excluding steroid dienone is 2. The maximum atomic E-state index is 2.49. The summed E-state index contributed by atoms with van der Waals surface area (Å²) in [6, 6.07) is 20.2. The summed E-state index contributed by atoms with van der Waals surface area (Å²) in [4.78, 5) is 0. The van der Waals surface area contributed by atoms with Crippen LogP contribution in [0.1, 0.15) is 24.8 Å². The first-order valence-corrected chi connectivity index (χ1v) is 7.96. The highest BCUT2D eigenvalue weighted by molar-refractivity contribution is 6.08. The first-order chi connectivity index (χ1) is 10.4. The molecule has 0 aromatic heterocycles. The van der Waals surface area contributed by atoms with Crippen LogP contribution in [0.4, 0.5) is 0 Å². The topological polar surface area (TPSA) is 0 Å². The number of hydrogen-bond acceptors (Lipinski definition) is 0. The lowest BCUT2D eigenvalue weighted by atomic mass is 9.77. The van der Waals surface area contributed by atoms with Crippen molar-refractivity contribution in [2.24, 2.45) is 5.92 Å². The van der Waals surface area contributed by atoms with Crippen LogP contribution >= 0.6 is 0 Å². The van der Waals surface area contributed by atoms with E-state index < -0.39 is 0 Å². The van der Waals surface area contributed by atoms with Crippen LogP contribution in [0.2, 0.25) is 0 Å². The standard InChI is InChI=1S/C21H18/c1-2-5-17-16(4-1)8-9-19-18(17)6-3-7-20(19)21-12-10-15(14-21)11-13-21/h1-10,12,15H,11,13-14H2. The smallest absolute Gasteiger partial charge is 0.0144 e. The monoisotopic (exact) mass is 270 g/mol. The van der Waals surface area contributed by atoms with E-state index in [9.17, 15) is 0 Å². The van der Waals surface area contributed by atoms with Crippen molar-refractivity contribution in [1.29, 1.82) is 0 Å². The second-order valence-corrected chi connectivity index (χ2v) is 6.71. The molecule has 0 amide bonds. The first kappa shape index (κ1) is 11.6. The molecule has 1 saturated carbocycles. The summed E-state index contributed by atoms with van der Waals surface area (Å²) in [6.45, 7) is 0. The normalized spacial score (nSPS) is 27.0. The van der Waals surface area contributed by atoms with Gasteiger partial charge in [0.1, 0.15) is 0 Å². The van der Waals surface area contributed by atoms with Crippen molar-refractivity contribution in [2.75, 3.05) is 0 Å². The van der Waals surface area contributed by atoms with Gasteiger partial charge in [0.25, 0.3) is 0 Å². The fourth-order valence-corrected chi connectivity index (χ4v) is 4.56. The molecule has 3 aromatic carbocycles. The zero-order valence-corrected chi connectivity index (χ0v) is 12.0. The van der Waals surface area contributed by atoms with Crippen molar-refractivity contribution < 1.29 is 0 Å². The molecule has 2 aliphatic rings. The SMILES string of the molecule is C1=CC2(c3cccc4c3ccc3ccccc34)CCC1C2. The van der Waals surface area contributed by atoms with Gasteiger partial charge in [-0.2, -0.15) is 0 Å². The first-order valence-electron chi connectivity index (χ1n) is 7.96. The summed E-state index contributed by atoms with van der Waals surface area (Å²) in [5.41, 5.74) is 1.86. The summed E-state index contributed by atoms with van der Waals surface area (Å²) in [5.74, 6) is 0.820. The van der Waals surface area contributed by atoms with Crippen molar-refractivity contribution >= 4 is 21.5 Å². The molecular weight excluding hydrogens is 252 g/mol. The Balaban J connectivity index is 1.86. The Bertz CT molecular complexity index is 887. The maximum Gasteiger partial charge on any atom is 0.0144 e. The van der Waals surface area contributed by atoms with Crippen LogP contribution in [-0.4, -0.2) is 0 Å². The molecule has 102 valence electrons. The lowest BCUT2D eigenvalue weighted by Crippen LogP contribution is -2.17. The van der Waals surface area contributed by atoms with Crippen LogP contribution in [-0.2, 0) is 5.41 Å². The highest BCUT2D eigenvalue weighted by atomic mass is 14.5. The molecule has 2 aliphatic carbocycles. The molecule has 2 unspecified atom stereocenters. The Morgan fingerprint density at radius 2 is 1.71 bits per heavy atom. The third kappa shape index (κ3) is 1.51. The third-order valence-corrected chi connectivity index (χ3v) is 5.60. The fourth-order valence-electron chi connectivity index (χ4n) is 4.56. The molecule has 0 radical (unpaired) electrons. The van der Waals surface area contributed by atoms with Gasteiger partial charge in [0.15, 0.2) is 0 Å². The van der Waals surface area contributed by atoms with Crippen molar-refractivity contribution in [3.63, 3.8) is 0 Å². The van der Waals surface area contributed by atoms with E-state index in [-0.39, 0.29) is 0 Å². The summed E-state index contributed by atoms with van der Waals surface area (Å²) in [5, 5.41) is 5.57. The quantitative estimate of drug-likeness (QED) is 0.399. The van der Waals surface area contributed by atoms with Gasteiger partial charge < -0.3 is 0 Å². The molecule has 0 heterocycles. The van der Waals surface area contributed by atoms with E-state index in [4.69, 9.17) is 0 Å². The van der Waals surface area contributed by atoms with Crippen molar-refractivity contribution in [1.82, 2.24) is 0 Å². The van der Waals surface area contributed by atoms with E-state index in [1.165, 1.54) is 40.8 Å². The predicted octanol–water partition coefficient (Wildman–Crippen LogP) is 5.60. The third-order valence-electron chi connectivity index (χ3n) is 5.60. The molecule has 5 rings (SSSR count). The molecule has 0 heteroatoms. The molecule has 1 fully saturated rings. The Hall–Kier alpha value is -2.08. The van der Waals surface area contributed by atoms with Gasteiger partial charge in [-0.3, -0.25) is 0 Å². The van der Waals surface area contributed by atoms with Gasteiger partial charge in [0.2, 0.25) is 0 Å². The van der Waals surface area contributed by atoms with Gasteiger partial charge >= 0.3 is 0 Å². The van der Waals surface area contributed by atoms with Gasteiger partial charge in [-0.05, 0) is 52.3 Å². The largest absolute Gasteiger partial charge is 0.0845 e. The lowest BCUT2D eigenvalue weighted by Gasteiger charge is -2.26. The lowest BCUT2D eigenvalue weighted by molar-refractivity contribution is 0.572. The van der Waals surface area contributed by atoms with Crippen LogP contribution in [0.25, 0.3) is 21.5 Å². The van der Waals surface area contributed by atoms with Crippen molar-refractivity contribution in [3.8, 4) is 0 Å². The summed E-state index contributed by atoms with van der Waals surface area (Å²) in [7, 11) is 0. The molecule has 0 spiro atoms. The fraction of sp³-hybridized carbons (Fsp3) is 0.238. The van der Waals surface area contributed by atoms with Crippen molar-refractivity contribution in [3.05, 3.63) is 72.3 Å². The molecule has 21 heavy (non-hydrogen) atoms. The Kier molecular flexibility index (Phi) is 2.19. The second-order valence-electron chi connectivity index (χ2n) is 6.71. The van der Waals surface area contributed by atoms with Crippen molar-refractivity contribution in [2.45, 2.75) is 24.7 Å². The minimum absolute atomic E-state index is 0.312. The molecule has 0 saturated heterocycles. The van der Waals surface area contributed by atoms with Crippen LogP contribution < -0.4 is 0 Å². The minimum atomic E-state index is 0.312. The summed E-state index contributed by atoms with van der Waals surface area (Å²) < 4.78 is 0. The van der Waals surface area contributed by atoms with Crippen LogP contribution in [0.5, 0.6) is 0 Å². The van der Waals surface area contributed by atoms with Crippen LogP contribution in [0, 0.1) is 5.92 Å². The Morgan fingerprint density at radius 3 is 2.52 bits per heavy atom. The highest BCUT2D eigenvalue weighted by Crippen LogP contribution is 2.52. The molecule has 0 aliphatic heterocycles. The maximum absolute atomic E-state index is 2.49. The number of benzene rings is 3. The second kappa shape index (κ2) is 3.98. The Labute approximate surface area is 125 Å². The molecule has 0 nitrogen and oxygen atoms in total. The number of fused-ring (bicyclic) bond motifs is 5. The average molecular weight is 270 g/mol. The Morgan fingerprint density at radius 1 is 0.810 bits per heavy atom. The predicted molar refractivity (Wildman–Crippen MR) is 89.6 cm³/mol. The average Bonchev–Trinajstić information content (AvgIpc) is 3.16. The van der Waals surface area contributed by atoms with E-state index in [1.807, 2.05) is 0 Å². The highest BCUT2D eigenvalue weighted by Gasteiger charge is 2.42. The van der Waals surface area contributed by atoms with E-state index in [2.05, 4.69) is 66.7 Å². The molecule has 2 bridgehead atoms. The minimum Gasteiger partial charge on any atom is -0.0845 e. The van der Waals surface area contributed by atoms with Gasteiger partial charge in [-0.15, -0.1) is 0 Å². The van der Waals surface area contributed by atoms with E-state index in [1.54, 1.807) is 5.56 Å². The molecule has 0 N–H and O–H groups in total. The van der Waals surface area contributed by atoms with Crippen LogP contribution in [0.3, 0.4) is 0 Å². The number of rotatable bonds is 1. The molecule has 2 atom stereocenters. The summed E-state index contributed by atoms with van der Waals surface area (Å²) in [6.07, 6.45) is 8.94. The van der Waals surface area contributed by atoms with Gasteiger partial charge in [-0.25, -0.2) is 0 Å². The van der Waals surface area contributed by atoms with Gasteiger partial charge in [0, 0.05) is 5.41 Å². The summed E-state index contributed by atoms with van der Waals surface area (Å²) >= 11 is 0. The van der Waals surface area contributed by atoms with Gasteiger partial charge in [0.05, 0.1) is 0 Å². The zero-order valence-electron chi connectivity index (χ0n) is 12.0.